The number of aromatic hydroxyl groups is 2. The van der Waals surface area contributed by atoms with Crippen LogP contribution in [-0.4, -0.2) is 109 Å². The number of nitrogens with zero attached hydrogens (tertiary/aromatic N) is 1. The van der Waals surface area contributed by atoms with Crippen LogP contribution in [0.15, 0.2) is 92.4 Å². The first-order valence-electron chi connectivity index (χ1n) is 23.4. The summed E-state index contributed by atoms with van der Waals surface area (Å²) >= 11 is 0. The number of hydrogen-bond donors (Lipinski definition) is 9. The number of ether oxygens (including phenoxy) is 1. The molecule has 1 saturated carbocycles. The maximum Gasteiger partial charge on any atom is 0.226 e. The number of hydrogen-bond acceptors (Lipinski definition) is 14. The number of phenols is 2. The van der Waals surface area contributed by atoms with Gasteiger partial charge in [-0.15, -0.1) is 0 Å². The zero-order valence-corrected chi connectivity index (χ0v) is 37.5. The minimum Gasteiger partial charge on any atom is -0.508 e. The van der Waals surface area contributed by atoms with Crippen LogP contribution in [-0.2, 0) is 27.4 Å². The predicted molar refractivity (Wildman–Crippen MR) is 245 cm³/mol. The summed E-state index contributed by atoms with van der Waals surface area (Å²) in [4.78, 5) is 45.5. The highest BCUT2D eigenvalue weighted by molar-refractivity contribution is 5.92. The second-order valence-corrected chi connectivity index (χ2v) is 19.5. The molecule has 10 atom stereocenters. The summed E-state index contributed by atoms with van der Waals surface area (Å²) in [5.74, 6) is 0.693. The Labute approximate surface area is 386 Å². The summed E-state index contributed by atoms with van der Waals surface area (Å²) in [5.41, 5.74) is -0.338. The molecule has 2 fully saturated rings. The number of aliphatic hydroxyl groups is 5. The topological polar surface area (TPSA) is 245 Å². The lowest BCUT2D eigenvalue weighted by Gasteiger charge is -2.48. The summed E-state index contributed by atoms with van der Waals surface area (Å²) < 4.78 is 13.9. The fraction of sp³-hybridized carbons (Fsp3) is 0.471. The molecule has 10 unspecified atom stereocenters. The van der Waals surface area contributed by atoms with Crippen molar-refractivity contribution in [1.82, 2.24) is 5.32 Å². The smallest absolute Gasteiger partial charge is 0.226 e. The van der Waals surface area contributed by atoms with Crippen LogP contribution in [0.25, 0.3) is 21.7 Å². The molecule has 1 saturated heterocycles. The quantitative estimate of drug-likeness (QED) is 0.0533. The van der Waals surface area contributed by atoms with Crippen molar-refractivity contribution in [2.75, 3.05) is 19.8 Å². The fourth-order valence-electron chi connectivity index (χ4n) is 12.1. The molecule has 354 valence electrons. The van der Waals surface area contributed by atoms with Crippen LogP contribution in [0.4, 0.5) is 5.69 Å². The van der Waals surface area contributed by atoms with E-state index in [0.717, 1.165) is 48.3 Å². The molecule has 1 amide bonds. The van der Waals surface area contributed by atoms with Gasteiger partial charge in [0.25, 0.3) is 0 Å². The molecule has 16 nitrogen and oxygen atoms in total. The Hall–Kier alpha value is -5.43. The van der Waals surface area contributed by atoms with Gasteiger partial charge in [0, 0.05) is 61.0 Å². The van der Waals surface area contributed by atoms with Crippen molar-refractivity contribution in [2.24, 2.45) is 22.2 Å². The number of nitrogens with one attached hydrogen (secondary N) is 2. The van der Waals surface area contributed by atoms with E-state index < -0.39 is 60.7 Å². The Balaban J connectivity index is 1.06. The van der Waals surface area contributed by atoms with Gasteiger partial charge in [0.2, 0.25) is 17.2 Å². The number of phenolic OH excluding ortho intramolecular Hbond substituents is 2. The normalized spacial score (nSPS) is 28.3. The number of rotatable bonds is 13. The van der Waals surface area contributed by atoms with Crippen molar-refractivity contribution in [1.29, 1.82) is 0 Å². The van der Waals surface area contributed by atoms with Gasteiger partial charge in [-0.05, 0) is 85.4 Å². The molecule has 4 aromatic rings. The SMILES string of the molecule is CCC1C2=CC=NC2=C[NH+]1c1c2c(cc3c(=O)cc(C)oc13)CC(OOCC(O)(Cc1ccc(O)c3ccc(O)cc13)C(O)C(O)C(O)CO)C1(CC=CC(C3CNC(=O)C34CCCC4)C1)O2. The molecule has 1 aromatic heterocycles. The van der Waals surface area contributed by atoms with Crippen LogP contribution < -0.4 is 20.4 Å². The average molecular weight is 921 g/mol. The summed E-state index contributed by atoms with van der Waals surface area (Å²) in [6.45, 7) is 2.66. The van der Waals surface area contributed by atoms with Gasteiger partial charge in [-0.2, -0.15) is 0 Å². The number of aryl methyl sites for hydroxylation is 1. The largest absolute Gasteiger partial charge is 0.508 e. The van der Waals surface area contributed by atoms with E-state index in [0.29, 0.717) is 69.5 Å². The number of carbonyl (C=O) groups excluding carboxylic acids is 1. The molecule has 2 spiro atoms. The molecule has 16 heteroatoms. The van der Waals surface area contributed by atoms with Crippen LogP contribution in [0.5, 0.6) is 17.2 Å². The molecule has 67 heavy (non-hydrogen) atoms. The van der Waals surface area contributed by atoms with Gasteiger partial charge in [-0.3, -0.25) is 19.5 Å². The monoisotopic (exact) mass is 920 g/mol. The molecule has 4 aliphatic heterocycles. The number of fused-ring (bicyclic) bond motifs is 4. The molecule has 6 aliphatic rings. The van der Waals surface area contributed by atoms with E-state index in [2.05, 4.69) is 29.4 Å². The van der Waals surface area contributed by atoms with Crippen LogP contribution in [0.3, 0.4) is 0 Å². The number of benzene rings is 3. The van der Waals surface area contributed by atoms with Gasteiger partial charge in [0.1, 0.15) is 77.4 Å². The summed E-state index contributed by atoms with van der Waals surface area (Å²) in [6, 6.07) is 10.3. The van der Waals surface area contributed by atoms with E-state index in [1.807, 2.05) is 12.3 Å². The second-order valence-electron chi connectivity index (χ2n) is 19.5. The van der Waals surface area contributed by atoms with E-state index in [9.17, 15) is 45.3 Å². The third-order valence-corrected chi connectivity index (χ3v) is 15.6. The molecular formula is C51H58N3O13+. The van der Waals surface area contributed by atoms with Gasteiger partial charge in [0.15, 0.2) is 11.2 Å². The number of aliphatic hydroxyl groups excluding tert-OH is 4. The lowest BCUT2D eigenvalue weighted by atomic mass is 9.64. The molecule has 2 aliphatic carbocycles. The first-order valence-corrected chi connectivity index (χ1v) is 23.4. The van der Waals surface area contributed by atoms with Crippen LogP contribution in [0.2, 0.25) is 0 Å². The molecule has 0 radical (unpaired) electrons. The fourth-order valence-corrected chi connectivity index (χ4v) is 12.1. The number of aliphatic imine (C=N–C) groups is 1. The molecule has 3 aromatic carbocycles. The Morgan fingerprint density at radius 3 is 2.63 bits per heavy atom. The molecule has 0 bridgehead atoms. The minimum atomic E-state index is -2.41. The Morgan fingerprint density at radius 1 is 1.04 bits per heavy atom. The molecule has 9 N–H and O–H groups in total. The number of allylic oxidation sites excluding steroid dienone is 2. The highest BCUT2D eigenvalue weighted by Crippen LogP contribution is 2.55. The lowest BCUT2D eigenvalue weighted by Crippen LogP contribution is -3.05. The average Bonchev–Trinajstić information content (AvgIpc) is 4.12. The van der Waals surface area contributed by atoms with Crippen molar-refractivity contribution >= 4 is 39.6 Å². The Kier molecular flexibility index (Phi) is 11.7. The third kappa shape index (κ3) is 7.58. The Morgan fingerprint density at radius 2 is 1.85 bits per heavy atom. The van der Waals surface area contributed by atoms with Gasteiger partial charge in [-0.25, -0.2) is 9.78 Å². The van der Waals surface area contributed by atoms with Gasteiger partial charge in [0.05, 0.1) is 17.4 Å². The lowest BCUT2D eigenvalue weighted by molar-refractivity contribution is -0.793. The van der Waals surface area contributed by atoms with E-state index in [1.165, 1.54) is 36.4 Å². The number of amides is 1. The first kappa shape index (κ1) is 45.4. The maximum atomic E-state index is 13.9. The van der Waals surface area contributed by atoms with Crippen molar-refractivity contribution in [3.63, 3.8) is 0 Å². The predicted octanol–water partition coefficient (Wildman–Crippen LogP) is 3.14. The van der Waals surface area contributed by atoms with Crippen LogP contribution >= 0.6 is 0 Å². The third-order valence-electron chi connectivity index (χ3n) is 15.6. The standard InChI is InChI=1S/C51H57N3O13/c1-3-38-33-12-16-52-37(33)24-54(38)43-45-30(18-35-40(58)17-27(2)65-46(35)43)19-42(51(66-45)15-6-7-29(22-51)36-23-53-48(62)49(36)13-4-5-14-49)67-64-26-50(63,47(61)44(60)41(59)25-55)21-28-8-11-39(57)32-10-9-31(56)20-34(28)32/h6-12,16-18,20,24,29,36,38,41-42,44,47,55-57,59-61,63H,3-5,13-15,19,21-23,25-26H2,1-2H3,(H,53,62)/p+1. The van der Waals surface area contributed by atoms with Crippen molar-refractivity contribution in [3.8, 4) is 17.2 Å². The highest BCUT2D eigenvalue weighted by atomic mass is 17.2. The van der Waals surface area contributed by atoms with E-state index in [-0.39, 0.29) is 47.1 Å². The minimum absolute atomic E-state index is 0.0268. The van der Waals surface area contributed by atoms with Crippen molar-refractivity contribution < 1.29 is 64.4 Å². The van der Waals surface area contributed by atoms with Crippen LogP contribution in [0.1, 0.15) is 68.8 Å². The summed E-state index contributed by atoms with van der Waals surface area (Å²) in [5, 5.41) is 80.5. The highest BCUT2D eigenvalue weighted by Gasteiger charge is 2.58. The molecular weight excluding hydrogens is 863 g/mol. The summed E-state index contributed by atoms with van der Waals surface area (Å²) in [7, 11) is 0. The van der Waals surface area contributed by atoms with Crippen molar-refractivity contribution in [3.05, 3.63) is 105 Å². The molecule has 10 rings (SSSR count). The maximum absolute atomic E-state index is 13.9. The van der Waals surface area contributed by atoms with E-state index >= 15 is 0 Å². The molecule has 5 heterocycles. The zero-order chi connectivity index (χ0) is 47.0. The van der Waals surface area contributed by atoms with Crippen LogP contribution in [0, 0.1) is 24.2 Å². The summed E-state index contributed by atoms with van der Waals surface area (Å²) in [6.07, 6.45) is 7.91. The number of quaternary nitrogens is 1. The van der Waals surface area contributed by atoms with Gasteiger partial charge >= 0.3 is 0 Å². The van der Waals surface area contributed by atoms with Gasteiger partial charge in [-0.1, -0.05) is 38.0 Å². The Bertz CT molecular complexity index is 2810. The second kappa shape index (κ2) is 17.3. The van der Waals surface area contributed by atoms with E-state index in [4.69, 9.17) is 18.9 Å². The first-order chi connectivity index (χ1) is 32.2. The van der Waals surface area contributed by atoms with Gasteiger partial charge < -0.3 is 50.2 Å². The van der Waals surface area contributed by atoms with Crippen molar-refractivity contribution in [2.45, 2.75) is 113 Å². The van der Waals surface area contributed by atoms with E-state index in [1.54, 1.807) is 19.2 Å². The number of carbonyl (C=O) groups is 1. The zero-order valence-electron chi connectivity index (χ0n) is 37.5.